The van der Waals surface area contributed by atoms with E-state index in [9.17, 15) is 0 Å². The molecule has 0 bridgehead atoms. The zero-order valence-electron chi connectivity index (χ0n) is 14.5. The average Bonchev–Trinajstić information content (AvgIpc) is 2.71. The second-order valence-corrected chi connectivity index (χ2v) is 8.21. The van der Waals surface area contributed by atoms with Crippen molar-refractivity contribution in [3.63, 3.8) is 0 Å². The summed E-state index contributed by atoms with van der Waals surface area (Å²) in [5.41, 5.74) is 4.71. The van der Waals surface area contributed by atoms with Crippen molar-refractivity contribution in [3.05, 3.63) is 97.1 Å². The molecule has 4 rings (SSSR count). The highest BCUT2D eigenvalue weighted by Gasteiger charge is 2.12. The summed E-state index contributed by atoms with van der Waals surface area (Å²) in [5.74, 6) is 0. The predicted molar refractivity (Wildman–Crippen MR) is 122 cm³/mol. The third-order valence-corrected chi connectivity index (χ3v) is 6.38. The molecule has 0 nitrogen and oxygen atoms in total. The van der Waals surface area contributed by atoms with Crippen LogP contribution in [0.25, 0.3) is 22.3 Å². The Hall–Kier alpha value is -2.07. The van der Waals surface area contributed by atoms with Crippen LogP contribution in [0.15, 0.2) is 117 Å². The van der Waals surface area contributed by atoms with Crippen molar-refractivity contribution in [2.45, 2.75) is 19.6 Å². The maximum Gasteiger partial charge on any atom is 0.0256 e. The van der Waals surface area contributed by atoms with Crippen molar-refractivity contribution in [1.29, 1.82) is 0 Å². The first-order valence-electron chi connectivity index (χ1n) is 8.66. The molecule has 4 aromatic carbocycles. The summed E-state index contributed by atoms with van der Waals surface area (Å²) in [6.07, 6.45) is 0. The summed E-state index contributed by atoms with van der Waals surface area (Å²) in [5, 5.41) is 0. The van der Waals surface area contributed by atoms with E-state index in [1.807, 2.05) is 24.3 Å². The topological polar surface area (TPSA) is 0 Å². The summed E-state index contributed by atoms with van der Waals surface area (Å²) in [6.45, 7) is 0. The maximum absolute atomic E-state index is 4.76. The molecule has 0 aromatic heterocycles. The number of hydrogen-bond acceptors (Lipinski definition) is 3. The van der Waals surface area contributed by atoms with Crippen LogP contribution in [0, 0.1) is 0 Å². The summed E-state index contributed by atoms with van der Waals surface area (Å²) < 4.78 is 0. The van der Waals surface area contributed by atoms with Crippen molar-refractivity contribution in [2.24, 2.45) is 0 Å². The van der Waals surface area contributed by atoms with Crippen molar-refractivity contribution in [3.8, 4) is 22.3 Å². The molecule has 132 valence electrons. The molecule has 0 N–H and O–H groups in total. The van der Waals surface area contributed by atoms with E-state index in [1.54, 1.807) is 11.8 Å². The van der Waals surface area contributed by atoms with Crippen LogP contribution in [-0.4, -0.2) is 0 Å². The molecule has 4 aromatic rings. The molecule has 27 heavy (non-hydrogen) atoms. The van der Waals surface area contributed by atoms with Crippen LogP contribution in [0.4, 0.5) is 0 Å². The molecule has 0 spiro atoms. The molecular weight excluding hydrogens is 384 g/mol. The van der Waals surface area contributed by atoms with E-state index in [0.717, 1.165) is 20.2 Å². The highest BCUT2D eigenvalue weighted by Crippen LogP contribution is 2.42. The molecule has 0 amide bonds. The number of benzene rings is 4. The molecule has 0 aliphatic heterocycles. The van der Waals surface area contributed by atoms with Gasteiger partial charge in [0.05, 0.1) is 0 Å². The van der Waals surface area contributed by atoms with E-state index in [4.69, 9.17) is 25.3 Å². The fourth-order valence-corrected chi connectivity index (χ4v) is 4.81. The smallest absolute Gasteiger partial charge is 0.0256 e. The van der Waals surface area contributed by atoms with Crippen LogP contribution >= 0.6 is 37.0 Å². The van der Waals surface area contributed by atoms with Crippen LogP contribution in [-0.2, 0) is 0 Å². The number of thiol groups is 2. The molecular formula is C24H18S3. The van der Waals surface area contributed by atoms with E-state index in [1.165, 1.54) is 21.6 Å². The van der Waals surface area contributed by atoms with E-state index < -0.39 is 0 Å². The largest absolute Gasteiger partial charge is 0.143 e. The Morgan fingerprint density at radius 3 is 1.81 bits per heavy atom. The second kappa shape index (κ2) is 8.30. The lowest BCUT2D eigenvalue weighted by atomic mass is 10.1. The van der Waals surface area contributed by atoms with Gasteiger partial charge in [0, 0.05) is 25.1 Å². The Balaban J connectivity index is 1.70. The lowest BCUT2D eigenvalue weighted by molar-refractivity contribution is 1.24. The average molecular weight is 403 g/mol. The van der Waals surface area contributed by atoms with Gasteiger partial charge in [-0.1, -0.05) is 84.6 Å². The lowest BCUT2D eigenvalue weighted by Gasteiger charge is -2.14. The van der Waals surface area contributed by atoms with E-state index in [-0.39, 0.29) is 0 Å². The van der Waals surface area contributed by atoms with Gasteiger partial charge in [-0.05, 0) is 41.0 Å². The summed E-state index contributed by atoms with van der Waals surface area (Å²) in [4.78, 5) is 4.27. The second-order valence-electron chi connectivity index (χ2n) is 6.17. The Kier molecular flexibility index (Phi) is 5.63. The van der Waals surface area contributed by atoms with Crippen molar-refractivity contribution in [1.82, 2.24) is 0 Å². The van der Waals surface area contributed by atoms with Gasteiger partial charge in [0.15, 0.2) is 0 Å². The number of hydrogen-bond donors (Lipinski definition) is 2. The highest BCUT2D eigenvalue weighted by atomic mass is 32.2. The summed E-state index contributed by atoms with van der Waals surface area (Å²) >= 11 is 11.2. The van der Waals surface area contributed by atoms with Crippen LogP contribution in [0.3, 0.4) is 0 Å². The fraction of sp³-hybridized carbons (Fsp3) is 0. The molecule has 0 aliphatic rings. The van der Waals surface area contributed by atoms with Gasteiger partial charge in [0.1, 0.15) is 0 Å². The molecule has 0 saturated heterocycles. The first kappa shape index (κ1) is 18.3. The minimum absolute atomic E-state index is 0.977. The fourth-order valence-electron chi connectivity index (χ4n) is 3.03. The van der Waals surface area contributed by atoms with Crippen molar-refractivity contribution in [2.75, 3.05) is 0 Å². The van der Waals surface area contributed by atoms with Crippen LogP contribution < -0.4 is 0 Å². The first-order chi connectivity index (χ1) is 13.2. The molecule has 0 fully saturated rings. The Morgan fingerprint density at radius 1 is 0.481 bits per heavy atom. The Labute approximate surface area is 175 Å². The summed E-state index contributed by atoms with van der Waals surface area (Å²) in [6, 6.07) is 33.4. The van der Waals surface area contributed by atoms with Gasteiger partial charge in [-0.15, -0.1) is 25.3 Å². The minimum Gasteiger partial charge on any atom is -0.143 e. The van der Waals surface area contributed by atoms with Gasteiger partial charge in [0.25, 0.3) is 0 Å². The van der Waals surface area contributed by atoms with Gasteiger partial charge in [-0.2, -0.15) is 0 Å². The number of rotatable bonds is 4. The minimum atomic E-state index is 0.977. The Morgan fingerprint density at radius 2 is 1.15 bits per heavy atom. The summed E-state index contributed by atoms with van der Waals surface area (Å²) in [7, 11) is 0. The van der Waals surface area contributed by atoms with Crippen LogP contribution in [0.2, 0.25) is 0 Å². The quantitative estimate of drug-likeness (QED) is 0.329. The first-order valence-corrected chi connectivity index (χ1v) is 10.4. The lowest BCUT2D eigenvalue weighted by Crippen LogP contribution is -1.86. The third kappa shape index (κ3) is 4.11. The maximum atomic E-state index is 4.76. The third-order valence-electron chi connectivity index (χ3n) is 4.35. The molecule has 0 saturated carbocycles. The SMILES string of the molecule is Sc1cc(-c2ccccc2)ccc1Sc1cccc(S)c1-c1ccccc1. The van der Waals surface area contributed by atoms with Gasteiger partial charge in [-0.3, -0.25) is 0 Å². The van der Waals surface area contributed by atoms with Gasteiger partial charge in [-0.25, -0.2) is 0 Å². The molecule has 0 radical (unpaired) electrons. The zero-order chi connectivity index (χ0) is 18.6. The van der Waals surface area contributed by atoms with Gasteiger partial charge < -0.3 is 0 Å². The van der Waals surface area contributed by atoms with Gasteiger partial charge in [0.2, 0.25) is 0 Å². The van der Waals surface area contributed by atoms with Gasteiger partial charge >= 0.3 is 0 Å². The van der Waals surface area contributed by atoms with E-state index >= 15 is 0 Å². The standard InChI is InChI=1S/C24H18S3/c25-20-12-7-13-23(24(20)18-10-5-2-6-11-18)27-22-15-14-19(16-21(22)26)17-8-3-1-4-9-17/h1-16,25-26H. The molecule has 0 unspecified atom stereocenters. The van der Waals surface area contributed by atoms with Crippen molar-refractivity contribution < 1.29 is 0 Å². The van der Waals surface area contributed by atoms with E-state index in [2.05, 4.69) is 72.8 Å². The molecule has 0 atom stereocenters. The highest BCUT2D eigenvalue weighted by molar-refractivity contribution is 8.00. The van der Waals surface area contributed by atoms with Crippen LogP contribution in [0.5, 0.6) is 0 Å². The van der Waals surface area contributed by atoms with E-state index in [0.29, 0.717) is 0 Å². The molecule has 0 aliphatic carbocycles. The monoisotopic (exact) mass is 402 g/mol. The molecule has 0 heterocycles. The Bertz CT molecular complexity index is 1060. The van der Waals surface area contributed by atoms with Crippen LogP contribution in [0.1, 0.15) is 0 Å². The normalized spacial score (nSPS) is 10.7. The van der Waals surface area contributed by atoms with Crippen molar-refractivity contribution >= 4 is 37.0 Å². The molecule has 3 heteroatoms. The predicted octanol–water partition coefficient (Wildman–Crippen LogP) is 7.75. The zero-order valence-corrected chi connectivity index (χ0v) is 17.1.